The Labute approximate surface area is 192 Å². The zero-order valence-corrected chi connectivity index (χ0v) is 20.4. The molecule has 0 aliphatic carbocycles. The lowest BCUT2D eigenvalue weighted by Gasteiger charge is -2.33. The van der Waals surface area contributed by atoms with Crippen molar-refractivity contribution in [2.45, 2.75) is 26.7 Å². The fraction of sp³-hybridized carbons (Fsp3) is 0.500. The Morgan fingerprint density at radius 1 is 1.13 bits per heavy atom. The number of benzene rings is 1. The molecule has 1 N–H and O–H groups in total. The van der Waals surface area contributed by atoms with Crippen LogP contribution < -0.4 is 5.32 Å². The maximum absolute atomic E-state index is 13.1. The first kappa shape index (κ1) is 22.2. The van der Waals surface area contributed by atoms with Gasteiger partial charge in [0, 0.05) is 46.9 Å². The molecular formula is C24H31N3O2S2. The number of fused-ring (bicyclic) bond motifs is 3. The molecule has 2 amide bonds. The molecule has 0 saturated carbocycles. The number of likely N-dealkylation sites (tertiary alicyclic amines) is 1. The second kappa shape index (κ2) is 8.88. The first-order chi connectivity index (χ1) is 14.7. The Balaban J connectivity index is 1.33. The van der Waals surface area contributed by atoms with E-state index in [1.54, 1.807) is 22.7 Å². The van der Waals surface area contributed by atoms with Gasteiger partial charge in [-0.15, -0.1) is 22.7 Å². The third kappa shape index (κ3) is 4.94. The van der Waals surface area contributed by atoms with Crippen LogP contribution in [-0.2, 0) is 4.79 Å². The van der Waals surface area contributed by atoms with Gasteiger partial charge < -0.3 is 15.1 Å². The van der Waals surface area contributed by atoms with E-state index in [-0.39, 0.29) is 23.1 Å². The van der Waals surface area contributed by atoms with Crippen LogP contribution in [0.4, 0.5) is 0 Å². The molecule has 0 radical (unpaired) electrons. The van der Waals surface area contributed by atoms with Crippen molar-refractivity contribution in [2.24, 2.45) is 11.3 Å². The van der Waals surface area contributed by atoms with Crippen LogP contribution in [0.2, 0.25) is 0 Å². The van der Waals surface area contributed by atoms with E-state index in [4.69, 9.17) is 0 Å². The molecule has 2 aromatic heterocycles. The summed E-state index contributed by atoms with van der Waals surface area (Å²) in [5, 5.41) is 4.37. The minimum atomic E-state index is -0.00465. The van der Waals surface area contributed by atoms with Crippen LogP contribution in [-0.4, -0.2) is 61.9 Å². The molecule has 1 fully saturated rings. The van der Waals surface area contributed by atoms with Gasteiger partial charge in [-0.1, -0.05) is 32.0 Å². The predicted octanol–water partition coefficient (Wildman–Crippen LogP) is 4.67. The number of thiophene rings is 2. The Morgan fingerprint density at radius 2 is 1.84 bits per heavy atom. The van der Waals surface area contributed by atoms with E-state index in [1.807, 2.05) is 17.0 Å². The van der Waals surface area contributed by atoms with Crippen LogP contribution in [0.5, 0.6) is 0 Å². The normalized spacial score (nSPS) is 15.8. The lowest BCUT2D eigenvalue weighted by atomic mass is 9.91. The summed E-state index contributed by atoms with van der Waals surface area (Å²) in [4.78, 5) is 30.6. The smallest absolute Gasteiger partial charge is 0.263 e. The monoisotopic (exact) mass is 457 g/mol. The highest BCUT2D eigenvalue weighted by molar-refractivity contribution is 7.33. The van der Waals surface area contributed by atoms with Crippen molar-refractivity contribution in [3.63, 3.8) is 0 Å². The van der Waals surface area contributed by atoms with Crippen molar-refractivity contribution in [3.8, 4) is 0 Å². The average Bonchev–Trinajstić information content (AvgIpc) is 3.29. The van der Waals surface area contributed by atoms with Gasteiger partial charge in [0.25, 0.3) is 5.91 Å². The molecule has 3 aromatic rings. The second-order valence-corrected chi connectivity index (χ2v) is 11.7. The minimum Gasteiger partial charge on any atom is -0.355 e. The second-order valence-electron chi connectivity index (χ2n) is 9.59. The van der Waals surface area contributed by atoms with Crippen LogP contribution in [0.1, 0.15) is 36.4 Å². The number of carbonyl (C=O) groups is 2. The molecule has 1 aliphatic rings. The van der Waals surface area contributed by atoms with Crippen LogP contribution in [0, 0.1) is 11.3 Å². The van der Waals surface area contributed by atoms with E-state index in [0.29, 0.717) is 19.6 Å². The number of hydrogen-bond donors (Lipinski definition) is 1. The number of nitrogens with one attached hydrogen (secondary N) is 1. The van der Waals surface area contributed by atoms with Crippen molar-refractivity contribution in [1.29, 1.82) is 0 Å². The maximum atomic E-state index is 13.1. The van der Waals surface area contributed by atoms with E-state index in [2.05, 4.69) is 56.4 Å². The van der Waals surface area contributed by atoms with Crippen LogP contribution in [0.15, 0.2) is 30.3 Å². The van der Waals surface area contributed by atoms with Gasteiger partial charge in [-0.25, -0.2) is 0 Å². The van der Waals surface area contributed by atoms with Crippen molar-refractivity contribution in [2.75, 3.05) is 40.3 Å². The van der Waals surface area contributed by atoms with Gasteiger partial charge in [0.15, 0.2) is 0 Å². The van der Waals surface area contributed by atoms with Crippen molar-refractivity contribution < 1.29 is 9.59 Å². The summed E-state index contributed by atoms with van der Waals surface area (Å²) in [7, 11) is 4.10. The number of carbonyl (C=O) groups excluding carboxylic acids is 2. The van der Waals surface area contributed by atoms with E-state index in [0.717, 1.165) is 24.3 Å². The van der Waals surface area contributed by atoms with Gasteiger partial charge >= 0.3 is 0 Å². The summed E-state index contributed by atoms with van der Waals surface area (Å²) in [6.45, 7) is 7.22. The molecule has 31 heavy (non-hydrogen) atoms. The van der Waals surface area contributed by atoms with E-state index >= 15 is 0 Å². The summed E-state index contributed by atoms with van der Waals surface area (Å²) < 4.78 is 3.66. The molecule has 166 valence electrons. The quantitative estimate of drug-likeness (QED) is 0.585. The fourth-order valence-electron chi connectivity index (χ4n) is 4.49. The van der Waals surface area contributed by atoms with Gasteiger partial charge in [0.1, 0.15) is 0 Å². The van der Waals surface area contributed by atoms with Crippen LogP contribution >= 0.6 is 22.7 Å². The molecule has 0 spiro atoms. The van der Waals surface area contributed by atoms with Gasteiger partial charge in [0.05, 0.1) is 9.58 Å². The summed E-state index contributed by atoms with van der Waals surface area (Å²) in [5.74, 6) is 0.223. The molecule has 0 unspecified atom stereocenters. The maximum Gasteiger partial charge on any atom is 0.263 e. The lowest BCUT2D eigenvalue weighted by molar-refractivity contribution is -0.126. The standard InChI is InChI=1S/C24H31N3O2S2/c1-24(2,15-26(3)4)14-25-22(28)16-9-11-27(12-10-16)23(29)20-13-19-21(31-20)17-7-5-6-8-18(17)30-19/h5-8,13,16H,9-12,14-15H2,1-4H3,(H,25,28). The van der Waals surface area contributed by atoms with Gasteiger partial charge in [-0.05, 0) is 44.5 Å². The summed E-state index contributed by atoms with van der Waals surface area (Å²) in [6, 6.07) is 10.4. The Morgan fingerprint density at radius 3 is 2.55 bits per heavy atom. The molecule has 0 bridgehead atoms. The number of nitrogens with zero attached hydrogens (tertiary/aromatic N) is 2. The highest BCUT2D eigenvalue weighted by Crippen LogP contribution is 2.39. The topological polar surface area (TPSA) is 52.7 Å². The number of rotatable bonds is 6. The third-order valence-electron chi connectivity index (χ3n) is 5.90. The molecule has 5 nitrogen and oxygen atoms in total. The third-order valence-corrected chi connectivity index (χ3v) is 8.30. The zero-order chi connectivity index (χ0) is 22.2. The first-order valence-corrected chi connectivity index (χ1v) is 12.5. The van der Waals surface area contributed by atoms with E-state index < -0.39 is 0 Å². The largest absolute Gasteiger partial charge is 0.355 e. The van der Waals surface area contributed by atoms with Gasteiger partial charge in [0.2, 0.25) is 5.91 Å². The lowest BCUT2D eigenvalue weighted by Crippen LogP contribution is -2.45. The Hall–Kier alpha value is -1.96. The molecule has 7 heteroatoms. The summed E-state index contributed by atoms with van der Waals surface area (Å²) >= 11 is 3.34. The van der Waals surface area contributed by atoms with E-state index in [1.165, 1.54) is 19.5 Å². The highest BCUT2D eigenvalue weighted by atomic mass is 32.1. The average molecular weight is 458 g/mol. The number of amides is 2. The van der Waals surface area contributed by atoms with Gasteiger partial charge in [-0.2, -0.15) is 0 Å². The Kier molecular flexibility index (Phi) is 6.37. The summed E-state index contributed by atoms with van der Waals surface area (Å²) in [6.07, 6.45) is 1.46. The molecule has 0 atom stereocenters. The zero-order valence-electron chi connectivity index (χ0n) is 18.7. The molecule has 1 aliphatic heterocycles. The number of hydrogen-bond acceptors (Lipinski definition) is 5. The van der Waals surface area contributed by atoms with Crippen LogP contribution in [0.3, 0.4) is 0 Å². The van der Waals surface area contributed by atoms with Crippen molar-refractivity contribution in [3.05, 3.63) is 35.2 Å². The molecular weight excluding hydrogens is 426 g/mol. The predicted molar refractivity (Wildman–Crippen MR) is 131 cm³/mol. The minimum absolute atomic E-state index is 0.00465. The first-order valence-electron chi connectivity index (χ1n) is 10.9. The number of piperidine rings is 1. The fourth-order valence-corrected chi connectivity index (χ4v) is 6.98. The SMILES string of the molecule is CN(C)CC(C)(C)CNC(=O)C1CCN(C(=O)c2cc3sc4ccccc4c3s2)CC1. The summed E-state index contributed by atoms with van der Waals surface area (Å²) in [5.41, 5.74) is 0.0338. The molecule has 4 rings (SSSR count). The Bertz CT molecular complexity index is 1090. The van der Waals surface area contributed by atoms with Gasteiger partial charge in [-0.3, -0.25) is 9.59 Å². The van der Waals surface area contributed by atoms with Crippen molar-refractivity contribution >= 4 is 54.0 Å². The van der Waals surface area contributed by atoms with Crippen LogP contribution in [0.25, 0.3) is 19.5 Å². The van der Waals surface area contributed by atoms with E-state index in [9.17, 15) is 9.59 Å². The highest BCUT2D eigenvalue weighted by Gasteiger charge is 2.30. The molecule has 1 aromatic carbocycles. The van der Waals surface area contributed by atoms with Crippen molar-refractivity contribution in [1.82, 2.24) is 15.1 Å². The molecule has 1 saturated heterocycles. The molecule has 3 heterocycles.